The van der Waals surface area contributed by atoms with Crippen LogP contribution in [0.1, 0.15) is 5.56 Å². The molecular weight excluding hydrogens is 322 g/mol. The minimum Gasteiger partial charge on any atom is -0.499 e. The Morgan fingerprint density at radius 2 is 2.00 bits per heavy atom. The summed E-state index contributed by atoms with van der Waals surface area (Å²) in [6.45, 7) is 0. The van der Waals surface area contributed by atoms with Gasteiger partial charge in [-0.3, -0.25) is 9.89 Å². The Labute approximate surface area is 133 Å². The zero-order valence-electron chi connectivity index (χ0n) is 11.4. The third kappa shape index (κ3) is 2.61. The van der Waals surface area contributed by atoms with Gasteiger partial charge in [0.2, 0.25) is 5.75 Å². The first kappa shape index (κ1) is 14.6. The molecule has 23 heavy (non-hydrogen) atoms. The van der Waals surface area contributed by atoms with Crippen molar-refractivity contribution in [3.05, 3.63) is 51.5 Å². The fourth-order valence-electron chi connectivity index (χ4n) is 2.01. The van der Waals surface area contributed by atoms with Crippen molar-refractivity contribution < 1.29 is 10.2 Å². The number of aromatic hydroxyl groups is 2. The average Bonchev–Trinajstić information content (AvgIpc) is 2.82. The molecule has 0 amide bonds. The maximum Gasteiger partial charge on any atom is 0.310 e. The Hall–Kier alpha value is -3.31. The fourth-order valence-corrected chi connectivity index (χ4v) is 2.25. The Morgan fingerprint density at radius 3 is 2.65 bits per heavy atom. The number of nitrogens with one attached hydrogen (secondary N) is 1. The summed E-state index contributed by atoms with van der Waals surface area (Å²) in [5.41, 5.74) is 0.498. The maximum atomic E-state index is 11.3. The van der Waals surface area contributed by atoms with Crippen LogP contribution >= 0.6 is 11.6 Å². The van der Waals surface area contributed by atoms with Crippen LogP contribution in [0.25, 0.3) is 17.1 Å². The van der Waals surface area contributed by atoms with E-state index in [1.807, 2.05) is 6.07 Å². The smallest absolute Gasteiger partial charge is 0.310 e. The van der Waals surface area contributed by atoms with Crippen LogP contribution < -0.4 is 5.56 Å². The van der Waals surface area contributed by atoms with Crippen molar-refractivity contribution in [1.29, 1.82) is 5.26 Å². The second-order valence-electron chi connectivity index (χ2n) is 4.55. The van der Waals surface area contributed by atoms with Crippen molar-refractivity contribution in [2.45, 2.75) is 0 Å². The highest BCUT2D eigenvalue weighted by Gasteiger charge is 2.15. The number of hydrogen-bond acceptors (Lipinski definition) is 6. The Kier molecular flexibility index (Phi) is 3.48. The van der Waals surface area contributed by atoms with Crippen LogP contribution in [0.15, 0.2) is 35.4 Å². The number of benzene rings is 1. The topological polar surface area (TPSA) is 128 Å². The molecule has 0 unspecified atom stereocenters. The molecular formula is C14H8ClN5O3. The van der Waals surface area contributed by atoms with Crippen LogP contribution in [0.5, 0.6) is 11.6 Å². The third-order valence-corrected chi connectivity index (χ3v) is 3.27. The summed E-state index contributed by atoms with van der Waals surface area (Å²) >= 11 is 5.96. The molecule has 0 radical (unpaired) electrons. The van der Waals surface area contributed by atoms with Gasteiger partial charge >= 0.3 is 5.56 Å². The molecule has 9 heteroatoms. The Morgan fingerprint density at radius 1 is 1.22 bits per heavy atom. The Bertz CT molecular complexity index is 1000. The molecule has 0 aliphatic carbocycles. The second-order valence-corrected chi connectivity index (χ2v) is 4.99. The highest BCUT2D eigenvalue weighted by atomic mass is 35.5. The van der Waals surface area contributed by atoms with Gasteiger partial charge in [0.15, 0.2) is 5.82 Å². The Balaban J connectivity index is 2.14. The summed E-state index contributed by atoms with van der Waals surface area (Å²) in [5.74, 6) is -1.34. The van der Waals surface area contributed by atoms with Gasteiger partial charge in [0, 0.05) is 16.7 Å². The van der Waals surface area contributed by atoms with Gasteiger partial charge in [-0.05, 0) is 18.2 Å². The summed E-state index contributed by atoms with van der Waals surface area (Å²) in [4.78, 5) is 19.3. The van der Waals surface area contributed by atoms with Crippen molar-refractivity contribution in [3.63, 3.8) is 0 Å². The van der Waals surface area contributed by atoms with Gasteiger partial charge < -0.3 is 10.2 Å². The molecule has 0 saturated carbocycles. The zero-order valence-corrected chi connectivity index (χ0v) is 12.1. The molecule has 1 aromatic carbocycles. The molecule has 3 N–H and O–H groups in total. The summed E-state index contributed by atoms with van der Waals surface area (Å²) in [6, 6.07) is 8.17. The standard InChI is InChI=1S/C14H8ClN5O3/c15-9-2-7(5-16)1-8(3-9)10-4-11(18-6-17-10)20-14(23)12(21)13(22)19-20/h1-4,6,21,23H,(H,19,22). The molecule has 2 aromatic heterocycles. The fraction of sp³-hybridized carbons (Fsp3) is 0. The van der Waals surface area contributed by atoms with Gasteiger partial charge in [-0.1, -0.05) is 11.6 Å². The predicted molar refractivity (Wildman–Crippen MR) is 80.5 cm³/mol. The highest BCUT2D eigenvalue weighted by molar-refractivity contribution is 6.31. The van der Waals surface area contributed by atoms with Crippen molar-refractivity contribution in [3.8, 4) is 34.8 Å². The van der Waals surface area contributed by atoms with Crippen LogP contribution in [0, 0.1) is 11.3 Å². The van der Waals surface area contributed by atoms with Gasteiger partial charge in [-0.2, -0.15) is 9.94 Å². The van der Waals surface area contributed by atoms with Gasteiger partial charge in [0.25, 0.3) is 5.88 Å². The molecule has 0 aliphatic heterocycles. The molecule has 0 saturated heterocycles. The van der Waals surface area contributed by atoms with Crippen molar-refractivity contribution in [2.75, 3.05) is 0 Å². The third-order valence-electron chi connectivity index (χ3n) is 3.06. The minimum atomic E-state index is -0.850. The predicted octanol–water partition coefficient (Wildman–Crippen LogP) is 1.56. The lowest BCUT2D eigenvalue weighted by atomic mass is 10.1. The number of H-pyrrole nitrogens is 1. The second kappa shape index (κ2) is 5.47. The average molecular weight is 330 g/mol. The highest BCUT2D eigenvalue weighted by Crippen LogP contribution is 2.26. The molecule has 0 aliphatic rings. The molecule has 3 aromatic rings. The van der Waals surface area contributed by atoms with Crippen molar-refractivity contribution in [1.82, 2.24) is 19.7 Å². The van der Waals surface area contributed by atoms with E-state index >= 15 is 0 Å². The summed E-state index contributed by atoms with van der Waals surface area (Å²) in [5, 5.41) is 30.7. The summed E-state index contributed by atoms with van der Waals surface area (Å²) in [7, 11) is 0. The largest absolute Gasteiger partial charge is 0.499 e. The van der Waals surface area contributed by atoms with E-state index in [1.54, 1.807) is 12.1 Å². The van der Waals surface area contributed by atoms with E-state index in [0.29, 0.717) is 21.8 Å². The number of halogens is 1. The van der Waals surface area contributed by atoms with Crippen LogP contribution in [-0.4, -0.2) is 30.0 Å². The summed E-state index contributed by atoms with van der Waals surface area (Å²) < 4.78 is 0.915. The lowest BCUT2D eigenvalue weighted by Gasteiger charge is -2.06. The molecule has 0 spiro atoms. The monoisotopic (exact) mass is 329 g/mol. The van der Waals surface area contributed by atoms with E-state index in [-0.39, 0.29) is 5.82 Å². The van der Waals surface area contributed by atoms with E-state index in [9.17, 15) is 15.0 Å². The van der Waals surface area contributed by atoms with E-state index < -0.39 is 17.2 Å². The lowest BCUT2D eigenvalue weighted by molar-refractivity contribution is 0.382. The number of nitrogens with zero attached hydrogens (tertiary/aromatic N) is 4. The van der Waals surface area contributed by atoms with Crippen molar-refractivity contribution in [2.24, 2.45) is 0 Å². The van der Waals surface area contributed by atoms with Gasteiger partial charge in [-0.15, -0.1) is 0 Å². The zero-order chi connectivity index (χ0) is 16.6. The maximum absolute atomic E-state index is 11.3. The van der Waals surface area contributed by atoms with E-state index in [0.717, 1.165) is 4.68 Å². The number of aromatic nitrogens is 4. The molecule has 0 bridgehead atoms. The lowest BCUT2D eigenvalue weighted by Crippen LogP contribution is -2.06. The summed E-state index contributed by atoms with van der Waals surface area (Å²) in [6.07, 6.45) is 1.21. The first-order chi connectivity index (χ1) is 11.0. The molecule has 114 valence electrons. The molecule has 8 nitrogen and oxygen atoms in total. The van der Waals surface area contributed by atoms with Crippen LogP contribution in [-0.2, 0) is 0 Å². The van der Waals surface area contributed by atoms with Crippen LogP contribution in [0.3, 0.4) is 0 Å². The van der Waals surface area contributed by atoms with Crippen molar-refractivity contribution >= 4 is 11.6 Å². The van der Waals surface area contributed by atoms with Crippen LogP contribution in [0.2, 0.25) is 5.02 Å². The normalized spacial score (nSPS) is 10.4. The van der Waals surface area contributed by atoms with E-state index in [4.69, 9.17) is 16.9 Å². The van der Waals surface area contributed by atoms with Gasteiger partial charge in [-0.25, -0.2) is 9.97 Å². The number of rotatable bonds is 2. The molecule has 2 heterocycles. The molecule has 0 fully saturated rings. The van der Waals surface area contributed by atoms with Gasteiger partial charge in [0.1, 0.15) is 6.33 Å². The van der Waals surface area contributed by atoms with Crippen LogP contribution in [0.4, 0.5) is 0 Å². The quantitative estimate of drug-likeness (QED) is 0.654. The SMILES string of the molecule is N#Cc1cc(Cl)cc(-c2cc(-n3[nH]c(=O)c(O)c3O)ncn2)c1. The minimum absolute atomic E-state index is 0.128. The van der Waals surface area contributed by atoms with E-state index in [2.05, 4.69) is 15.1 Å². The van der Waals surface area contributed by atoms with E-state index in [1.165, 1.54) is 18.5 Å². The first-order valence-electron chi connectivity index (χ1n) is 6.26. The number of hydrogen-bond donors (Lipinski definition) is 3. The first-order valence-corrected chi connectivity index (χ1v) is 6.64. The number of aromatic amines is 1. The van der Waals surface area contributed by atoms with Gasteiger partial charge in [0.05, 0.1) is 17.3 Å². The number of nitriles is 1. The molecule has 3 rings (SSSR count). The molecule has 0 atom stereocenters.